The van der Waals surface area contributed by atoms with Crippen molar-refractivity contribution in [1.82, 2.24) is 35.0 Å². The molecule has 1 saturated carbocycles. The first-order chi connectivity index (χ1) is 19.0. The molecule has 1 aliphatic carbocycles. The number of rotatable bonds is 7. The maximum Gasteiger partial charge on any atom is 0.253 e. The van der Waals surface area contributed by atoms with Crippen LogP contribution in [0.3, 0.4) is 0 Å². The first-order valence-corrected chi connectivity index (χ1v) is 12.5. The van der Waals surface area contributed by atoms with Crippen molar-refractivity contribution in [1.29, 1.82) is 0 Å². The minimum atomic E-state index is -0.520. The summed E-state index contributed by atoms with van der Waals surface area (Å²) in [7, 11) is 0. The fraction of sp³-hybridized carbons (Fsp3) is 0.214. The lowest BCUT2D eigenvalue weighted by Crippen LogP contribution is -2.44. The fourth-order valence-corrected chi connectivity index (χ4v) is 4.76. The highest BCUT2D eigenvalue weighted by molar-refractivity contribution is 6.04. The van der Waals surface area contributed by atoms with E-state index in [2.05, 4.69) is 30.5 Å². The summed E-state index contributed by atoms with van der Waals surface area (Å²) in [5, 5.41) is 11.8. The number of pyridine rings is 3. The third kappa shape index (κ3) is 4.67. The van der Waals surface area contributed by atoms with Crippen molar-refractivity contribution in [2.24, 2.45) is 0 Å². The molecule has 0 aliphatic heterocycles. The second-order valence-electron chi connectivity index (χ2n) is 9.20. The average molecular weight is 528 g/mol. The minimum Gasteiger partial charge on any atom is -0.492 e. The van der Waals surface area contributed by atoms with Gasteiger partial charge in [-0.25, -0.2) is 13.8 Å². The predicted molar refractivity (Wildman–Crippen MR) is 138 cm³/mol. The smallest absolute Gasteiger partial charge is 0.253 e. The molecule has 1 fully saturated rings. The molecule has 1 aromatic carbocycles. The quantitative estimate of drug-likeness (QED) is 0.329. The molecule has 5 aromatic rings. The van der Waals surface area contributed by atoms with Crippen LogP contribution in [0, 0.1) is 11.6 Å². The Morgan fingerprint density at radius 1 is 1.05 bits per heavy atom. The number of fused-ring (bicyclic) bond motifs is 1. The van der Waals surface area contributed by atoms with Gasteiger partial charge >= 0.3 is 0 Å². The summed E-state index contributed by atoms with van der Waals surface area (Å²) in [4.78, 5) is 25.6. The first-order valence-electron chi connectivity index (χ1n) is 12.5. The van der Waals surface area contributed by atoms with E-state index in [1.54, 1.807) is 47.2 Å². The number of hydrogen-bond donors (Lipinski definition) is 1. The fourth-order valence-electron chi connectivity index (χ4n) is 4.76. The van der Waals surface area contributed by atoms with Gasteiger partial charge in [-0.1, -0.05) is 12.1 Å². The molecule has 196 valence electrons. The lowest BCUT2D eigenvalue weighted by molar-refractivity contribution is 0.0908. The lowest BCUT2D eigenvalue weighted by Gasteiger charge is -2.35. The van der Waals surface area contributed by atoms with Gasteiger partial charge in [0.2, 0.25) is 0 Å². The van der Waals surface area contributed by atoms with E-state index >= 15 is 0 Å². The summed E-state index contributed by atoms with van der Waals surface area (Å²) in [5.41, 5.74) is 1.80. The maximum atomic E-state index is 15.0. The second-order valence-corrected chi connectivity index (χ2v) is 9.20. The van der Waals surface area contributed by atoms with Crippen LogP contribution in [0.5, 0.6) is 5.75 Å². The highest BCUT2D eigenvalue weighted by atomic mass is 19.1. The normalized spacial score (nSPS) is 16.6. The molecule has 39 heavy (non-hydrogen) atoms. The van der Waals surface area contributed by atoms with E-state index in [0.717, 1.165) is 6.20 Å². The molecule has 0 radical (unpaired) electrons. The Morgan fingerprint density at radius 3 is 2.67 bits per heavy atom. The molecule has 4 heterocycles. The molecule has 0 atom stereocenters. The Balaban J connectivity index is 1.25. The maximum absolute atomic E-state index is 15.0. The Morgan fingerprint density at radius 2 is 1.90 bits per heavy atom. The van der Waals surface area contributed by atoms with Gasteiger partial charge in [-0.05, 0) is 50.1 Å². The van der Waals surface area contributed by atoms with Crippen molar-refractivity contribution in [3.63, 3.8) is 0 Å². The van der Waals surface area contributed by atoms with Gasteiger partial charge in [0, 0.05) is 24.2 Å². The monoisotopic (exact) mass is 527 g/mol. The van der Waals surface area contributed by atoms with Crippen LogP contribution in [0.25, 0.3) is 28.2 Å². The molecule has 1 N–H and O–H groups in total. The van der Waals surface area contributed by atoms with Crippen LogP contribution in [0.15, 0.2) is 67.1 Å². The number of aromatic nitrogens is 6. The molecule has 1 aliphatic rings. The molecule has 6 rings (SSSR count). The van der Waals surface area contributed by atoms with Crippen molar-refractivity contribution in [3.05, 3.63) is 90.1 Å². The van der Waals surface area contributed by atoms with Gasteiger partial charge in [0.15, 0.2) is 5.82 Å². The number of nitrogens with zero attached hydrogens (tertiary/aromatic N) is 6. The molecule has 4 aromatic heterocycles. The van der Waals surface area contributed by atoms with E-state index in [0.29, 0.717) is 64.8 Å². The minimum absolute atomic E-state index is 0.0692. The Kier molecular flexibility index (Phi) is 6.39. The van der Waals surface area contributed by atoms with Crippen LogP contribution < -0.4 is 10.1 Å². The van der Waals surface area contributed by atoms with Crippen molar-refractivity contribution >= 4 is 16.9 Å². The number of hydrogen-bond acceptors (Lipinski definition) is 7. The van der Waals surface area contributed by atoms with Gasteiger partial charge in [-0.3, -0.25) is 19.3 Å². The number of para-hydroxylation sites is 1. The van der Waals surface area contributed by atoms with Crippen LogP contribution in [0.1, 0.15) is 41.9 Å². The van der Waals surface area contributed by atoms with Crippen molar-refractivity contribution in [2.45, 2.75) is 31.7 Å². The van der Waals surface area contributed by atoms with Crippen molar-refractivity contribution in [2.75, 3.05) is 6.61 Å². The summed E-state index contributed by atoms with van der Waals surface area (Å²) in [6, 6.07) is 12.6. The highest BCUT2D eigenvalue weighted by Crippen LogP contribution is 2.39. The van der Waals surface area contributed by atoms with Crippen LogP contribution in [-0.2, 0) is 0 Å². The Labute approximate surface area is 221 Å². The number of amides is 1. The molecule has 0 saturated heterocycles. The zero-order chi connectivity index (χ0) is 26.9. The van der Waals surface area contributed by atoms with E-state index in [1.807, 2.05) is 6.92 Å². The molecule has 0 unspecified atom stereocenters. The summed E-state index contributed by atoms with van der Waals surface area (Å²) < 4.78 is 35.7. The summed E-state index contributed by atoms with van der Waals surface area (Å²) in [6.07, 6.45) is 5.28. The van der Waals surface area contributed by atoms with Crippen molar-refractivity contribution < 1.29 is 18.3 Å². The van der Waals surface area contributed by atoms with E-state index in [1.165, 1.54) is 18.3 Å². The van der Waals surface area contributed by atoms with E-state index in [4.69, 9.17) is 4.74 Å². The van der Waals surface area contributed by atoms with Gasteiger partial charge in [-0.15, -0.1) is 10.2 Å². The van der Waals surface area contributed by atoms with Gasteiger partial charge in [0.25, 0.3) is 5.91 Å². The van der Waals surface area contributed by atoms with Crippen LogP contribution in [0.2, 0.25) is 0 Å². The van der Waals surface area contributed by atoms with E-state index in [9.17, 15) is 13.6 Å². The Bertz CT molecular complexity index is 1670. The van der Waals surface area contributed by atoms with E-state index < -0.39 is 11.6 Å². The summed E-state index contributed by atoms with van der Waals surface area (Å²) >= 11 is 0. The zero-order valence-corrected chi connectivity index (χ0v) is 20.9. The highest BCUT2D eigenvalue weighted by Gasteiger charge is 2.37. The lowest BCUT2D eigenvalue weighted by atomic mass is 9.79. The molecule has 0 bridgehead atoms. The van der Waals surface area contributed by atoms with Gasteiger partial charge in [0.05, 0.1) is 35.8 Å². The molecule has 9 nitrogen and oxygen atoms in total. The third-order valence-corrected chi connectivity index (χ3v) is 6.69. The van der Waals surface area contributed by atoms with Crippen LogP contribution >= 0.6 is 0 Å². The number of halogens is 2. The van der Waals surface area contributed by atoms with E-state index in [-0.39, 0.29) is 17.9 Å². The predicted octanol–water partition coefficient (Wildman–Crippen LogP) is 4.63. The molecule has 0 spiro atoms. The second kappa shape index (κ2) is 10.2. The van der Waals surface area contributed by atoms with Crippen molar-refractivity contribution in [3.8, 4) is 23.0 Å². The van der Waals surface area contributed by atoms with Gasteiger partial charge < -0.3 is 10.1 Å². The zero-order valence-electron chi connectivity index (χ0n) is 20.9. The average Bonchev–Trinajstić information content (AvgIpc) is 3.35. The number of carbonyl (C=O) groups is 1. The summed E-state index contributed by atoms with van der Waals surface area (Å²) in [5.74, 6) is 0.296. The largest absolute Gasteiger partial charge is 0.492 e. The number of benzene rings is 1. The van der Waals surface area contributed by atoms with Gasteiger partial charge in [-0.2, -0.15) is 0 Å². The number of nitrogens with one attached hydrogen (secondary N) is 1. The molecule has 1 amide bonds. The number of ether oxygens (including phenoxy) is 1. The molecular weight excluding hydrogens is 504 g/mol. The standard InChI is InChI=1S/C28H23F2N7O2/c1-2-39-19-7-8-22(32-15-19)27-36-35-26(37(27)24-6-4-3-5-21(24)30)16-11-18(12-16)34-28(38)20-9-10-31-23-13-17(29)14-33-25(20)23/h3-10,13-16,18H,2,11-12H2,1H3,(H,34,38)/t16-,18-. The molecule has 11 heteroatoms. The molecular formula is C28H23F2N7O2. The summed E-state index contributed by atoms with van der Waals surface area (Å²) in [6.45, 7) is 2.41. The van der Waals surface area contributed by atoms with Crippen LogP contribution in [0.4, 0.5) is 8.78 Å². The SMILES string of the molecule is CCOc1ccc(-c2nnc([C@H]3C[C@H](NC(=O)c4ccnc5cc(F)cnc45)C3)n2-c2ccccc2F)nc1. The van der Waals surface area contributed by atoms with Crippen LogP contribution in [-0.4, -0.2) is 48.3 Å². The Hall–Kier alpha value is -4.80. The third-order valence-electron chi connectivity index (χ3n) is 6.69. The first kappa shape index (κ1) is 24.5. The number of carbonyl (C=O) groups excluding carboxylic acids is 1. The van der Waals surface area contributed by atoms with Gasteiger partial charge in [0.1, 0.15) is 34.4 Å². The topological polar surface area (TPSA) is 108 Å².